The average Bonchev–Trinajstić information content (AvgIpc) is 2.97. The van der Waals surface area contributed by atoms with Crippen LogP contribution >= 0.6 is 22.9 Å². The lowest BCUT2D eigenvalue weighted by molar-refractivity contribution is -0.114. The number of carbonyl (C=O) groups is 3. The molecule has 0 aliphatic heterocycles. The summed E-state index contributed by atoms with van der Waals surface area (Å²) in [7, 11) is 1.48. The SMILES string of the molecule is COCCOC(=O)c1c(NC(=O)CNc2ccccc2Cl)sc(C(N)=O)c1C. The number of hydrogen-bond donors (Lipinski definition) is 3. The molecule has 2 aromatic rings. The average molecular weight is 426 g/mol. The highest BCUT2D eigenvalue weighted by atomic mass is 35.5. The van der Waals surface area contributed by atoms with E-state index in [4.69, 9.17) is 26.8 Å². The first-order chi connectivity index (χ1) is 13.3. The smallest absolute Gasteiger partial charge is 0.341 e. The molecule has 1 heterocycles. The molecule has 150 valence electrons. The van der Waals surface area contributed by atoms with Gasteiger partial charge in [0.25, 0.3) is 5.91 Å². The van der Waals surface area contributed by atoms with Crippen molar-refractivity contribution in [2.45, 2.75) is 6.92 Å². The zero-order valence-corrected chi connectivity index (χ0v) is 16.9. The van der Waals surface area contributed by atoms with Gasteiger partial charge in [-0.1, -0.05) is 23.7 Å². The lowest BCUT2D eigenvalue weighted by Gasteiger charge is -2.10. The number of nitrogens with one attached hydrogen (secondary N) is 2. The Labute approximate surface area is 171 Å². The van der Waals surface area contributed by atoms with Gasteiger partial charge in [-0.15, -0.1) is 11.3 Å². The number of halogens is 1. The van der Waals surface area contributed by atoms with Crippen LogP contribution in [0.25, 0.3) is 0 Å². The van der Waals surface area contributed by atoms with E-state index >= 15 is 0 Å². The van der Waals surface area contributed by atoms with Crippen LogP contribution in [0, 0.1) is 6.92 Å². The molecule has 0 aliphatic carbocycles. The Balaban J connectivity index is 2.15. The van der Waals surface area contributed by atoms with Crippen molar-refractivity contribution in [3.8, 4) is 0 Å². The predicted octanol–water partition coefficient (Wildman–Crippen LogP) is 2.66. The van der Waals surface area contributed by atoms with E-state index in [9.17, 15) is 14.4 Å². The van der Waals surface area contributed by atoms with Crippen molar-refractivity contribution in [2.24, 2.45) is 5.73 Å². The van der Waals surface area contributed by atoms with Crippen molar-refractivity contribution in [1.82, 2.24) is 0 Å². The van der Waals surface area contributed by atoms with Gasteiger partial charge in [-0.05, 0) is 24.6 Å². The number of nitrogens with two attached hydrogens (primary N) is 1. The number of ether oxygens (including phenoxy) is 2. The van der Waals surface area contributed by atoms with Crippen LogP contribution in [0.15, 0.2) is 24.3 Å². The van der Waals surface area contributed by atoms with E-state index < -0.39 is 17.8 Å². The monoisotopic (exact) mass is 425 g/mol. The van der Waals surface area contributed by atoms with Crippen molar-refractivity contribution in [1.29, 1.82) is 0 Å². The van der Waals surface area contributed by atoms with Crippen LogP contribution in [0.3, 0.4) is 0 Å². The van der Waals surface area contributed by atoms with Gasteiger partial charge in [-0.25, -0.2) is 4.79 Å². The van der Waals surface area contributed by atoms with E-state index in [0.29, 0.717) is 16.3 Å². The summed E-state index contributed by atoms with van der Waals surface area (Å²) >= 11 is 6.96. The maximum atomic E-state index is 12.4. The summed E-state index contributed by atoms with van der Waals surface area (Å²) in [4.78, 5) is 36.5. The second-order valence-corrected chi connectivity index (χ2v) is 7.06. The van der Waals surface area contributed by atoms with Crippen LogP contribution in [0.5, 0.6) is 0 Å². The second kappa shape index (κ2) is 10.1. The van der Waals surface area contributed by atoms with Crippen molar-refractivity contribution in [3.63, 3.8) is 0 Å². The van der Waals surface area contributed by atoms with Crippen LogP contribution < -0.4 is 16.4 Å². The lowest BCUT2D eigenvalue weighted by atomic mass is 10.1. The summed E-state index contributed by atoms with van der Waals surface area (Å²) in [6.07, 6.45) is 0. The fourth-order valence-electron chi connectivity index (χ4n) is 2.32. The maximum absolute atomic E-state index is 12.4. The molecule has 0 spiro atoms. The molecule has 8 nitrogen and oxygen atoms in total. The van der Waals surface area contributed by atoms with Crippen molar-refractivity contribution in [2.75, 3.05) is 37.5 Å². The summed E-state index contributed by atoms with van der Waals surface area (Å²) in [6.45, 7) is 1.74. The fraction of sp³-hybridized carbons (Fsp3) is 0.278. The van der Waals surface area contributed by atoms with Crippen molar-refractivity contribution in [3.05, 3.63) is 45.3 Å². The zero-order chi connectivity index (χ0) is 20.7. The Morgan fingerprint density at radius 1 is 1.21 bits per heavy atom. The molecule has 2 rings (SSSR count). The molecule has 10 heteroatoms. The number of esters is 1. The van der Waals surface area contributed by atoms with Crippen LogP contribution in [0.1, 0.15) is 25.6 Å². The molecule has 4 N–H and O–H groups in total. The summed E-state index contributed by atoms with van der Waals surface area (Å²) in [5.74, 6) is -1.79. The van der Waals surface area contributed by atoms with E-state index in [-0.39, 0.29) is 35.2 Å². The fourth-order valence-corrected chi connectivity index (χ4v) is 3.59. The Morgan fingerprint density at radius 3 is 2.57 bits per heavy atom. The minimum atomic E-state index is -0.692. The number of para-hydroxylation sites is 1. The van der Waals surface area contributed by atoms with Crippen LogP contribution in [0.4, 0.5) is 10.7 Å². The first-order valence-electron chi connectivity index (χ1n) is 8.22. The van der Waals surface area contributed by atoms with E-state index in [1.54, 1.807) is 31.2 Å². The van der Waals surface area contributed by atoms with E-state index in [2.05, 4.69) is 10.6 Å². The molecule has 0 fully saturated rings. The molecule has 0 bridgehead atoms. The third-order valence-corrected chi connectivity index (χ3v) is 5.21. The van der Waals surface area contributed by atoms with Crippen LogP contribution in [-0.4, -0.2) is 44.7 Å². The molecule has 2 amide bonds. The topological polar surface area (TPSA) is 120 Å². The molecule has 28 heavy (non-hydrogen) atoms. The summed E-state index contributed by atoms with van der Waals surface area (Å²) in [5, 5.41) is 6.19. The highest BCUT2D eigenvalue weighted by molar-refractivity contribution is 7.18. The standard InChI is InChI=1S/C18H20ClN3O5S/c1-10-14(18(25)27-8-7-26-2)17(28-15(10)16(20)24)22-13(23)9-21-12-6-4-3-5-11(12)19/h3-6,21H,7-9H2,1-2H3,(H2,20,24)(H,22,23). The Kier molecular flexibility index (Phi) is 7.80. The first-order valence-corrected chi connectivity index (χ1v) is 9.42. The lowest BCUT2D eigenvalue weighted by Crippen LogP contribution is -2.22. The second-order valence-electron chi connectivity index (χ2n) is 5.63. The van der Waals surface area contributed by atoms with Gasteiger partial charge in [0.2, 0.25) is 5.91 Å². The third-order valence-electron chi connectivity index (χ3n) is 3.66. The van der Waals surface area contributed by atoms with Gasteiger partial charge in [0.1, 0.15) is 11.6 Å². The molecular weight excluding hydrogens is 406 g/mol. The number of primary amides is 1. The highest BCUT2D eigenvalue weighted by Gasteiger charge is 2.25. The Bertz CT molecular complexity index is 884. The number of benzene rings is 1. The molecular formula is C18H20ClN3O5S. The normalized spacial score (nSPS) is 10.4. The molecule has 0 saturated heterocycles. The van der Waals surface area contributed by atoms with Gasteiger partial charge >= 0.3 is 5.97 Å². The molecule has 0 radical (unpaired) electrons. The largest absolute Gasteiger partial charge is 0.460 e. The molecule has 0 saturated carbocycles. The summed E-state index contributed by atoms with van der Waals surface area (Å²) in [5.41, 5.74) is 6.41. The van der Waals surface area contributed by atoms with Gasteiger partial charge in [0, 0.05) is 7.11 Å². The number of methoxy groups -OCH3 is 1. The minimum Gasteiger partial charge on any atom is -0.460 e. The number of hydrogen-bond acceptors (Lipinski definition) is 7. The van der Waals surface area contributed by atoms with Crippen LogP contribution in [0.2, 0.25) is 5.02 Å². The highest BCUT2D eigenvalue weighted by Crippen LogP contribution is 2.33. The first kappa shape index (κ1) is 21.7. The number of carbonyl (C=O) groups excluding carboxylic acids is 3. The van der Waals surface area contributed by atoms with E-state index in [1.165, 1.54) is 7.11 Å². The number of rotatable bonds is 9. The van der Waals surface area contributed by atoms with Crippen molar-refractivity contribution < 1.29 is 23.9 Å². The van der Waals surface area contributed by atoms with Gasteiger partial charge < -0.3 is 25.8 Å². The Morgan fingerprint density at radius 2 is 1.93 bits per heavy atom. The zero-order valence-electron chi connectivity index (χ0n) is 15.3. The van der Waals surface area contributed by atoms with Gasteiger partial charge in [0.15, 0.2) is 0 Å². The third kappa shape index (κ3) is 5.44. The molecule has 0 atom stereocenters. The maximum Gasteiger partial charge on any atom is 0.341 e. The molecule has 0 unspecified atom stereocenters. The number of anilines is 2. The van der Waals surface area contributed by atoms with Crippen LogP contribution in [-0.2, 0) is 14.3 Å². The Hall–Kier alpha value is -2.62. The summed E-state index contributed by atoms with van der Waals surface area (Å²) in [6, 6.07) is 6.98. The summed E-state index contributed by atoms with van der Waals surface area (Å²) < 4.78 is 9.96. The van der Waals surface area contributed by atoms with E-state index in [1.807, 2.05) is 0 Å². The van der Waals surface area contributed by atoms with Gasteiger partial charge in [-0.2, -0.15) is 0 Å². The quantitative estimate of drug-likeness (QED) is 0.419. The number of amides is 2. The van der Waals surface area contributed by atoms with Crippen molar-refractivity contribution >= 4 is 51.4 Å². The molecule has 1 aromatic carbocycles. The molecule has 0 aliphatic rings. The van der Waals surface area contributed by atoms with Gasteiger partial charge in [0.05, 0.1) is 34.3 Å². The van der Waals surface area contributed by atoms with E-state index in [0.717, 1.165) is 11.3 Å². The van der Waals surface area contributed by atoms with Gasteiger partial charge in [-0.3, -0.25) is 9.59 Å². The molecule has 1 aromatic heterocycles. The minimum absolute atomic E-state index is 0.0397. The predicted molar refractivity (Wildman–Crippen MR) is 108 cm³/mol. The number of thiophene rings is 1.